The van der Waals surface area contributed by atoms with E-state index < -0.39 is 0 Å². The molecule has 122 valence electrons. The molecule has 0 aromatic heterocycles. The Morgan fingerprint density at radius 1 is 0.583 bits per heavy atom. The maximum Gasteiger partial charge on any atom is 0.131 e. The van der Waals surface area contributed by atoms with Gasteiger partial charge in [0.25, 0.3) is 0 Å². The third-order valence-electron chi connectivity index (χ3n) is 3.32. The predicted octanol–water partition coefficient (Wildman–Crippen LogP) is 5.70. The molecular formula is C21H20O3. The summed E-state index contributed by atoms with van der Waals surface area (Å²) in [6.07, 6.45) is 0. The van der Waals surface area contributed by atoms with Crippen LogP contribution >= 0.6 is 0 Å². The number of ether oxygens (including phenoxy) is 2. The molecule has 0 saturated heterocycles. The van der Waals surface area contributed by atoms with Crippen LogP contribution in [0.4, 0.5) is 0 Å². The fraction of sp³-hybridized carbons (Fsp3) is 0.0952. The summed E-state index contributed by atoms with van der Waals surface area (Å²) in [6, 6.07) is 23.6. The highest BCUT2D eigenvalue weighted by atomic mass is 16.5. The van der Waals surface area contributed by atoms with Crippen molar-refractivity contribution in [3.05, 3.63) is 83.9 Å². The van der Waals surface area contributed by atoms with Crippen molar-refractivity contribution in [1.82, 2.24) is 0 Å². The van der Waals surface area contributed by atoms with E-state index in [-0.39, 0.29) is 0 Å². The number of carbonyl (C=O) groups excluding carboxylic acids is 1. The smallest absolute Gasteiger partial charge is 0.131 e. The summed E-state index contributed by atoms with van der Waals surface area (Å²) < 4.78 is 11.7. The zero-order chi connectivity index (χ0) is 17.4. The summed E-state index contributed by atoms with van der Waals surface area (Å²) in [7, 11) is 0. The number of rotatable bonds is 4. The molecule has 3 nitrogen and oxygen atoms in total. The Hall–Kier alpha value is -3.07. The number of aryl methyl sites for hydroxylation is 2. The first-order valence-corrected chi connectivity index (χ1v) is 7.57. The van der Waals surface area contributed by atoms with Gasteiger partial charge in [-0.15, -0.1) is 0 Å². The normalized spacial score (nSPS) is 9.58. The molecule has 24 heavy (non-hydrogen) atoms. The zero-order valence-corrected chi connectivity index (χ0v) is 13.9. The standard InChI is InChI=1S/C20H18O2.CH2O/c1-15-6-10-17(11-7-15)21-19-4-3-5-20(14-19)22-18-12-8-16(2)9-13-18;1-2/h3-14H,1-2H3;1H2. The molecule has 0 aliphatic carbocycles. The fourth-order valence-corrected chi connectivity index (χ4v) is 2.09. The fourth-order valence-electron chi connectivity index (χ4n) is 2.09. The van der Waals surface area contributed by atoms with Crippen molar-refractivity contribution in [2.45, 2.75) is 13.8 Å². The molecule has 0 N–H and O–H groups in total. The van der Waals surface area contributed by atoms with E-state index >= 15 is 0 Å². The van der Waals surface area contributed by atoms with Crippen LogP contribution in [0.3, 0.4) is 0 Å². The summed E-state index contributed by atoms with van der Waals surface area (Å²) in [4.78, 5) is 8.00. The maximum absolute atomic E-state index is 8.00. The van der Waals surface area contributed by atoms with Gasteiger partial charge in [0, 0.05) is 6.07 Å². The second-order valence-corrected chi connectivity index (χ2v) is 5.31. The van der Waals surface area contributed by atoms with E-state index in [1.807, 2.05) is 79.6 Å². The van der Waals surface area contributed by atoms with Crippen molar-refractivity contribution in [1.29, 1.82) is 0 Å². The van der Waals surface area contributed by atoms with E-state index in [1.54, 1.807) is 0 Å². The van der Waals surface area contributed by atoms with Crippen LogP contribution in [0.5, 0.6) is 23.0 Å². The molecule has 0 fully saturated rings. The van der Waals surface area contributed by atoms with Gasteiger partial charge in [-0.1, -0.05) is 41.5 Å². The van der Waals surface area contributed by atoms with Crippen molar-refractivity contribution in [2.24, 2.45) is 0 Å². The SMILES string of the molecule is C=O.Cc1ccc(Oc2cccc(Oc3ccc(C)cc3)c2)cc1. The van der Waals surface area contributed by atoms with E-state index in [1.165, 1.54) is 11.1 Å². The van der Waals surface area contributed by atoms with Gasteiger partial charge in [-0.3, -0.25) is 0 Å². The maximum atomic E-state index is 8.00. The third kappa shape index (κ3) is 4.99. The molecule has 0 bridgehead atoms. The Bertz CT molecular complexity index is 699. The van der Waals surface area contributed by atoms with Crippen LogP contribution in [0.1, 0.15) is 11.1 Å². The van der Waals surface area contributed by atoms with Crippen LogP contribution in [-0.4, -0.2) is 6.79 Å². The van der Waals surface area contributed by atoms with E-state index in [0.717, 1.165) is 23.0 Å². The molecular weight excluding hydrogens is 300 g/mol. The van der Waals surface area contributed by atoms with Crippen LogP contribution in [0.2, 0.25) is 0 Å². The minimum absolute atomic E-state index is 0.758. The monoisotopic (exact) mass is 320 g/mol. The van der Waals surface area contributed by atoms with Crippen molar-refractivity contribution in [3.63, 3.8) is 0 Å². The molecule has 0 aliphatic rings. The summed E-state index contributed by atoms with van der Waals surface area (Å²) in [5, 5.41) is 0. The summed E-state index contributed by atoms with van der Waals surface area (Å²) >= 11 is 0. The summed E-state index contributed by atoms with van der Waals surface area (Å²) in [5.41, 5.74) is 2.42. The van der Waals surface area contributed by atoms with Crippen LogP contribution in [-0.2, 0) is 4.79 Å². The number of carbonyl (C=O) groups is 1. The Morgan fingerprint density at radius 3 is 1.33 bits per heavy atom. The molecule has 0 radical (unpaired) electrons. The Labute approximate surface area is 142 Å². The van der Waals surface area contributed by atoms with Gasteiger partial charge in [-0.2, -0.15) is 0 Å². The first-order chi connectivity index (χ1) is 11.7. The minimum Gasteiger partial charge on any atom is -0.457 e. The van der Waals surface area contributed by atoms with E-state index in [0.29, 0.717) is 0 Å². The first-order valence-electron chi connectivity index (χ1n) is 7.57. The molecule has 0 saturated carbocycles. The van der Waals surface area contributed by atoms with Gasteiger partial charge >= 0.3 is 0 Å². The van der Waals surface area contributed by atoms with Crippen molar-refractivity contribution in [3.8, 4) is 23.0 Å². The summed E-state index contributed by atoms with van der Waals surface area (Å²) in [5.74, 6) is 3.15. The minimum atomic E-state index is 0.758. The van der Waals surface area contributed by atoms with Gasteiger partial charge in [0.15, 0.2) is 0 Å². The number of hydrogen-bond donors (Lipinski definition) is 0. The number of hydrogen-bond acceptors (Lipinski definition) is 3. The molecule has 3 heteroatoms. The Morgan fingerprint density at radius 2 is 0.958 bits per heavy atom. The second kappa shape index (κ2) is 8.53. The lowest BCUT2D eigenvalue weighted by Gasteiger charge is -2.09. The average Bonchev–Trinajstić information content (AvgIpc) is 2.61. The van der Waals surface area contributed by atoms with E-state index in [9.17, 15) is 0 Å². The van der Waals surface area contributed by atoms with Crippen molar-refractivity contribution < 1.29 is 14.3 Å². The third-order valence-corrected chi connectivity index (χ3v) is 3.32. The predicted molar refractivity (Wildman–Crippen MR) is 96.1 cm³/mol. The van der Waals surface area contributed by atoms with Gasteiger partial charge < -0.3 is 14.3 Å². The van der Waals surface area contributed by atoms with Gasteiger partial charge in [-0.25, -0.2) is 0 Å². The van der Waals surface area contributed by atoms with Gasteiger partial charge in [0.05, 0.1) is 0 Å². The molecule has 3 rings (SSSR count). The van der Waals surface area contributed by atoms with Gasteiger partial charge in [0.1, 0.15) is 29.8 Å². The molecule has 0 spiro atoms. The highest BCUT2D eigenvalue weighted by molar-refractivity contribution is 5.40. The highest BCUT2D eigenvalue weighted by Crippen LogP contribution is 2.28. The Balaban J connectivity index is 0.00000100. The lowest BCUT2D eigenvalue weighted by molar-refractivity contribution is -0.0979. The van der Waals surface area contributed by atoms with Crippen LogP contribution < -0.4 is 9.47 Å². The van der Waals surface area contributed by atoms with Crippen molar-refractivity contribution in [2.75, 3.05) is 0 Å². The molecule has 3 aromatic rings. The van der Waals surface area contributed by atoms with Crippen molar-refractivity contribution >= 4 is 6.79 Å². The van der Waals surface area contributed by atoms with E-state index in [2.05, 4.69) is 13.8 Å². The second-order valence-electron chi connectivity index (χ2n) is 5.31. The topological polar surface area (TPSA) is 35.5 Å². The van der Waals surface area contributed by atoms with Gasteiger partial charge in [-0.05, 0) is 50.2 Å². The molecule has 0 aliphatic heterocycles. The molecule has 0 heterocycles. The van der Waals surface area contributed by atoms with Gasteiger partial charge in [0.2, 0.25) is 0 Å². The molecule has 0 atom stereocenters. The highest BCUT2D eigenvalue weighted by Gasteiger charge is 2.01. The molecule has 0 amide bonds. The number of benzene rings is 3. The van der Waals surface area contributed by atoms with Crippen LogP contribution in [0.25, 0.3) is 0 Å². The molecule has 3 aromatic carbocycles. The lowest BCUT2D eigenvalue weighted by atomic mass is 10.2. The quantitative estimate of drug-likeness (QED) is 0.618. The first kappa shape index (κ1) is 17.3. The van der Waals surface area contributed by atoms with Crippen LogP contribution in [0, 0.1) is 13.8 Å². The summed E-state index contributed by atoms with van der Waals surface area (Å²) in [6.45, 7) is 6.11. The van der Waals surface area contributed by atoms with E-state index in [4.69, 9.17) is 14.3 Å². The van der Waals surface area contributed by atoms with Crippen LogP contribution in [0.15, 0.2) is 72.8 Å². The zero-order valence-electron chi connectivity index (χ0n) is 13.9. The average molecular weight is 320 g/mol. The lowest BCUT2D eigenvalue weighted by Crippen LogP contribution is -1.87. The Kier molecular flexibility index (Phi) is 6.15. The molecule has 0 unspecified atom stereocenters. The largest absolute Gasteiger partial charge is 0.457 e.